The van der Waals surface area contributed by atoms with Gasteiger partial charge in [0, 0.05) is 54.6 Å². The highest BCUT2D eigenvalue weighted by Gasteiger charge is 2.21. The summed E-state index contributed by atoms with van der Waals surface area (Å²) in [6.07, 6.45) is 1.82. The number of rotatable bonds is 10. The molecule has 2 aromatic heterocycles. The summed E-state index contributed by atoms with van der Waals surface area (Å²) in [6.45, 7) is 9.53. The van der Waals surface area contributed by atoms with Gasteiger partial charge in [-0.3, -0.25) is 9.78 Å². The molecule has 190 valence electrons. The van der Waals surface area contributed by atoms with E-state index in [1.165, 1.54) is 0 Å². The van der Waals surface area contributed by atoms with Crippen molar-refractivity contribution >= 4 is 32.6 Å². The number of nitrogens with one attached hydrogen (secondary N) is 1. The predicted molar refractivity (Wildman–Crippen MR) is 141 cm³/mol. The Kier molecular flexibility index (Phi) is 6.84. The van der Waals surface area contributed by atoms with Crippen molar-refractivity contribution in [2.45, 2.75) is 20.4 Å². The number of likely N-dealkylation sites (N-methyl/N-ethyl adjacent to an activating group) is 1. The molecule has 0 saturated heterocycles. The SMILES string of the molecule is CCN(CC)CCNCCn1c(=O)c2cc(OC)c(OC)cc2c2cnc3cc4c(cc3c21)OCO4. The van der Waals surface area contributed by atoms with E-state index in [1.54, 1.807) is 20.3 Å². The third-order valence-corrected chi connectivity index (χ3v) is 6.90. The normalized spacial score (nSPS) is 12.8. The average molecular weight is 493 g/mol. The lowest BCUT2D eigenvalue weighted by molar-refractivity contribution is 0.174. The van der Waals surface area contributed by atoms with Gasteiger partial charge in [-0.25, -0.2) is 0 Å². The summed E-state index contributed by atoms with van der Waals surface area (Å²) >= 11 is 0. The molecule has 0 aliphatic carbocycles. The molecular weight excluding hydrogens is 460 g/mol. The summed E-state index contributed by atoms with van der Waals surface area (Å²) < 4.78 is 24.1. The van der Waals surface area contributed by atoms with Crippen molar-refractivity contribution in [1.29, 1.82) is 0 Å². The van der Waals surface area contributed by atoms with Gasteiger partial charge in [0.15, 0.2) is 23.0 Å². The van der Waals surface area contributed by atoms with E-state index in [0.29, 0.717) is 41.5 Å². The molecule has 36 heavy (non-hydrogen) atoms. The van der Waals surface area contributed by atoms with E-state index in [-0.39, 0.29) is 12.4 Å². The van der Waals surface area contributed by atoms with E-state index in [9.17, 15) is 4.79 Å². The Labute approximate surface area is 209 Å². The van der Waals surface area contributed by atoms with Crippen LogP contribution in [0.25, 0.3) is 32.6 Å². The minimum absolute atomic E-state index is 0.0887. The molecule has 4 aromatic rings. The minimum atomic E-state index is -0.0887. The van der Waals surface area contributed by atoms with Crippen LogP contribution in [0.5, 0.6) is 23.0 Å². The largest absolute Gasteiger partial charge is 0.493 e. The Morgan fingerprint density at radius 3 is 2.33 bits per heavy atom. The molecule has 1 aliphatic heterocycles. The van der Waals surface area contributed by atoms with Crippen molar-refractivity contribution in [3.63, 3.8) is 0 Å². The first kappa shape index (κ1) is 24.1. The number of methoxy groups -OCH3 is 2. The van der Waals surface area contributed by atoms with Gasteiger partial charge in [0.05, 0.1) is 30.6 Å². The number of aromatic nitrogens is 2. The average Bonchev–Trinajstić information content (AvgIpc) is 3.37. The van der Waals surface area contributed by atoms with Crippen LogP contribution in [0.15, 0.2) is 35.3 Å². The third-order valence-electron chi connectivity index (χ3n) is 6.90. The van der Waals surface area contributed by atoms with Crippen molar-refractivity contribution in [2.24, 2.45) is 0 Å². The monoisotopic (exact) mass is 492 g/mol. The second kappa shape index (κ2) is 10.2. The zero-order valence-corrected chi connectivity index (χ0v) is 21.2. The van der Waals surface area contributed by atoms with Crippen molar-refractivity contribution in [3.05, 3.63) is 40.8 Å². The molecule has 0 bridgehead atoms. The van der Waals surface area contributed by atoms with Crippen molar-refractivity contribution in [1.82, 2.24) is 19.8 Å². The lowest BCUT2D eigenvalue weighted by atomic mass is 10.0. The molecule has 0 atom stereocenters. The van der Waals surface area contributed by atoms with E-state index in [1.807, 2.05) is 29.0 Å². The van der Waals surface area contributed by atoms with Crippen molar-refractivity contribution < 1.29 is 18.9 Å². The Morgan fingerprint density at radius 2 is 1.64 bits per heavy atom. The number of ether oxygens (including phenoxy) is 4. The summed E-state index contributed by atoms with van der Waals surface area (Å²) in [5, 5.41) is 6.53. The maximum atomic E-state index is 13.9. The molecule has 9 nitrogen and oxygen atoms in total. The van der Waals surface area contributed by atoms with Crippen LogP contribution >= 0.6 is 0 Å². The molecule has 9 heteroatoms. The standard InChI is InChI=1S/C27H32N4O5/c1-5-30(6-2)9-7-28-8-10-31-26-19-13-24-25(36-16-35-24)14-21(19)29-15-20(26)17-11-22(33-3)23(34-4)12-18(17)27(31)32/h11-15,28H,5-10,16H2,1-4H3. The molecule has 1 N–H and O–H groups in total. The van der Waals surface area contributed by atoms with Crippen LogP contribution in [-0.4, -0.2) is 68.2 Å². The number of pyridine rings is 2. The lowest BCUT2D eigenvalue weighted by Crippen LogP contribution is -2.34. The van der Waals surface area contributed by atoms with Crippen LogP contribution < -0.4 is 29.8 Å². The first-order chi connectivity index (χ1) is 17.6. The van der Waals surface area contributed by atoms with Crippen molar-refractivity contribution in [2.75, 3.05) is 53.7 Å². The number of nitrogens with zero attached hydrogens (tertiary/aromatic N) is 3. The van der Waals surface area contributed by atoms with E-state index >= 15 is 0 Å². The smallest absolute Gasteiger partial charge is 0.259 e. The van der Waals surface area contributed by atoms with Crippen LogP contribution in [0.1, 0.15) is 13.8 Å². The second-order valence-corrected chi connectivity index (χ2v) is 8.73. The predicted octanol–water partition coefficient (Wildman–Crippen LogP) is 3.38. The molecule has 0 amide bonds. The van der Waals surface area contributed by atoms with Gasteiger partial charge >= 0.3 is 0 Å². The maximum Gasteiger partial charge on any atom is 0.259 e. The topological polar surface area (TPSA) is 87.1 Å². The fourth-order valence-electron chi connectivity index (χ4n) is 4.89. The van der Waals surface area contributed by atoms with E-state index in [0.717, 1.165) is 53.4 Å². The highest BCUT2D eigenvalue weighted by Crippen LogP contribution is 2.40. The fraction of sp³-hybridized carbons (Fsp3) is 0.407. The Bertz CT molecular complexity index is 1480. The van der Waals surface area contributed by atoms with Gasteiger partial charge in [-0.2, -0.15) is 0 Å². The molecular formula is C27H32N4O5. The number of benzene rings is 2. The molecule has 3 heterocycles. The van der Waals surface area contributed by atoms with Gasteiger partial charge in [-0.05, 0) is 31.3 Å². The molecule has 0 radical (unpaired) electrons. The second-order valence-electron chi connectivity index (χ2n) is 8.73. The maximum absolute atomic E-state index is 13.9. The molecule has 0 saturated carbocycles. The van der Waals surface area contributed by atoms with Crippen LogP contribution in [0, 0.1) is 0 Å². The zero-order chi connectivity index (χ0) is 25.2. The summed E-state index contributed by atoms with van der Waals surface area (Å²) in [5.41, 5.74) is 1.47. The fourth-order valence-corrected chi connectivity index (χ4v) is 4.89. The zero-order valence-electron chi connectivity index (χ0n) is 21.2. The van der Waals surface area contributed by atoms with Crippen molar-refractivity contribution in [3.8, 4) is 23.0 Å². The number of fused-ring (bicyclic) bond motifs is 6. The summed E-state index contributed by atoms with van der Waals surface area (Å²) in [7, 11) is 3.16. The summed E-state index contributed by atoms with van der Waals surface area (Å²) in [4.78, 5) is 21.0. The number of hydrogen-bond acceptors (Lipinski definition) is 8. The summed E-state index contributed by atoms with van der Waals surface area (Å²) in [6, 6.07) is 7.39. The van der Waals surface area contributed by atoms with Crippen LogP contribution in [0.3, 0.4) is 0 Å². The van der Waals surface area contributed by atoms with Crippen LogP contribution in [-0.2, 0) is 6.54 Å². The van der Waals surface area contributed by atoms with E-state index < -0.39 is 0 Å². The van der Waals surface area contributed by atoms with Crippen LogP contribution in [0.4, 0.5) is 0 Å². The highest BCUT2D eigenvalue weighted by atomic mass is 16.7. The first-order valence-corrected chi connectivity index (χ1v) is 12.3. The Hall–Kier alpha value is -3.56. The quantitative estimate of drug-likeness (QED) is 0.266. The molecule has 5 rings (SSSR count). The van der Waals surface area contributed by atoms with Crippen LogP contribution in [0.2, 0.25) is 0 Å². The first-order valence-electron chi connectivity index (χ1n) is 12.3. The summed E-state index contributed by atoms with van der Waals surface area (Å²) in [5.74, 6) is 2.39. The van der Waals surface area contributed by atoms with Gasteiger partial charge in [0.1, 0.15) is 0 Å². The third kappa shape index (κ3) is 4.18. The van der Waals surface area contributed by atoms with Gasteiger partial charge in [0.25, 0.3) is 5.56 Å². The van der Waals surface area contributed by atoms with Gasteiger partial charge in [-0.15, -0.1) is 0 Å². The Balaban J connectivity index is 1.66. The number of hydrogen-bond donors (Lipinski definition) is 1. The molecule has 0 unspecified atom stereocenters. The molecule has 2 aromatic carbocycles. The van der Waals surface area contributed by atoms with Gasteiger partial charge in [-0.1, -0.05) is 13.8 Å². The van der Waals surface area contributed by atoms with Gasteiger partial charge < -0.3 is 33.7 Å². The van der Waals surface area contributed by atoms with E-state index in [4.69, 9.17) is 23.9 Å². The molecule has 1 aliphatic rings. The molecule has 0 spiro atoms. The molecule has 0 fully saturated rings. The van der Waals surface area contributed by atoms with Gasteiger partial charge in [0.2, 0.25) is 6.79 Å². The highest BCUT2D eigenvalue weighted by molar-refractivity contribution is 6.15. The minimum Gasteiger partial charge on any atom is -0.493 e. The van der Waals surface area contributed by atoms with E-state index in [2.05, 4.69) is 24.1 Å². The Morgan fingerprint density at radius 1 is 0.944 bits per heavy atom. The lowest BCUT2D eigenvalue weighted by Gasteiger charge is -2.19.